The highest BCUT2D eigenvalue weighted by atomic mass is 35.5. The van der Waals surface area contributed by atoms with Crippen LogP contribution in [-0.4, -0.2) is 129 Å². The highest BCUT2D eigenvalue weighted by molar-refractivity contribution is 8.14. The Labute approximate surface area is 321 Å². The number of nitrogens with zero attached hydrogens (tertiary/aromatic N) is 4. The molecule has 0 saturated carbocycles. The average Bonchev–Trinajstić information content (AvgIpc) is 3.64. The van der Waals surface area contributed by atoms with E-state index in [1.807, 2.05) is 0 Å². The van der Waals surface area contributed by atoms with E-state index in [9.17, 15) is 57.9 Å². The third kappa shape index (κ3) is 14.8. The maximum Gasteiger partial charge on any atom is 0.481 e. The topological polar surface area (TPSA) is 364 Å². The minimum Gasteiger partial charge on any atom is -0.386 e. The second kappa shape index (κ2) is 20.3. The first-order chi connectivity index (χ1) is 25.6. The van der Waals surface area contributed by atoms with Gasteiger partial charge in [0.1, 0.15) is 36.3 Å². The summed E-state index contributed by atoms with van der Waals surface area (Å²) in [6, 6.07) is 0. The highest BCUT2D eigenvalue weighted by Crippen LogP contribution is 2.61. The van der Waals surface area contributed by atoms with E-state index in [-0.39, 0.29) is 41.6 Å². The first kappa shape index (κ1) is 47.0. The lowest BCUT2D eigenvalue weighted by Crippen LogP contribution is -2.46. The number of carbonyl (C=O) groups excluding carboxylic acids is 3. The number of carbonyl (C=O) groups is 3. The van der Waals surface area contributed by atoms with Crippen molar-refractivity contribution in [3.63, 3.8) is 0 Å². The molecule has 7 atom stereocenters. The molecule has 3 rings (SSSR count). The molecule has 0 bridgehead atoms. The van der Waals surface area contributed by atoms with Gasteiger partial charge in [0, 0.05) is 36.6 Å². The number of aliphatic hydroxyl groups is 2. The summed E-state index contributed by atoms with van der Waals surface area (Å²) >= 11 is 6.52. The molecular weight excluding hydrogens is 843 g/mol. The fourth-order valence-electron chi connectivity index (χ4n) is 4.57. The summed E-state index contributed by atoms with van der Waals surface area (Å²) in [6.07, 6.45) is -3.38. The minimum absolute atomic E-state index is 0.0280. The van der Waals surface area contributed by atoms with Gasteiger partial charge >= 0.3 is 23.5 Å². The van der Waals surface area contributed by atoms with Crippen molar-refractivity contribution in [2.75, 3.05) is 43.7 Å². The largest absolute Gasteiger partial charge is 0.481 e. The molecule has 0 aliphatic carbocycles. The van der Waals surface area contributed by atoms with E-state index >= 15 is 0 Å². The number of amides is 2. The maximum atomic E-state index is 12.7. The number of fused-ring (bicyclic) bond motifs is 1. The second-order valence-electron chi connectivity index (χ2n) is 12.1. The molecule has 0 aromatic carbocycles. The summed E-state index contributed by atoms with van der Waals surface area (Å²) in [5, 5.41) is 26.1. The zero-order chi connectivity index (χ0) is 41.2. The third-order valence-corrected chi connectivity index (χ3v) is 11.4. The Morgan fingerprint density at radius 2 is 1.80 bits per heavy atom. The smallest absolute Gasteiger partial charge is 0.386 e. The Hall–Kier alpha value is -2.41. The zero-order valence-corrected chi connectivity index (χ0v) is 33.3. The summed E-state index contributed by atoms with van der Waals surface area (Å²) in [4.78, 5) is 87.1. The van der Waals surface area contributed by atoms with E-state index in [2.05, 4.69) is 34.4 Å². The van der Waals surface area contributed by atoms with Crippen LogP contribution in [0.15, 0.2) is 24.8 Å². The number of aromatic nitrogens is 4. The Bertz CT molecular complexity index is 1830. The molecule has 0 spiro atoms. The molecule has 2 aromatic heterocycles. The number of allylic oxidation sites excluding steroid dienone is 1. The number of nitrogen functional groups attached to an aromatic ring is 1. The normalized spacial score (nSPS) is 22.0. The van der Waals surface area contributed by atoms with Crippen molar-refractivity contribution in [3.8, 4) is 0 Å². The summed E-state index contributed by atoms with van der Waals surface area (Å²) < 4.78 is 62.0. The van der Waals surface area contributed by atoms with E-state index in [1.165, 1.54) is 19.9 Å². The number of hydrogen-bond donors (Lipinski definition) is 9. The number of halogens is 1. The number of phosphoric ester groups is 3. The number of nitrogens with two attached hydrogens (primary N) is 1. The number of ether oxygens (including phenoxy) is 1. The van der Waals surface area contributed by atoms with Crippen LogP contribution in [0, 0.1) is 5.41 Å². The van der Waals surface area contributed by atoms with Gasteiger partial charge in [-0.2, -0.15) is 4.31 Å². The number of anilines is 1. The van der Waals surface area contributed by atoms with Gasteiger partial charge < -0.3 is 50.9 Å². The van der Waals surface area contributed by atoms with Gasteiger partial charge in [0.2, 0.25) is 16.9 Å². The molecule has 2 aromatic rings. The van der Waals surface area contributed by atoms with Crippen molar-refractivity contribution in [2.24, 2.45) is 5.41 Å². The van der Waals surface area contributed by atoms with E-state index in [4.69, 9.17) is 31.1 Å². The third-order valence-electron chi connectivity index (χ3n) is 7.28. The number of alkyl halides is 1. The first-order valence-corrected chi connectivity index (χ1v) is 21.9. The van der Waals surface area contributed by atoms with Crippen LogP contribution in [0.25, 0.3) is 11.2 Å². The van der Waals surface area contributed by atoms with E-state index in [0.29, 0.717) is 18.1 Å². The van der Waals surface area contributed by atoms with Crippen molar-refractivity contribution >= 4 is 80.7 Å². The van der Waals surface area contributed by atoms with E-state index in [1.54, 1.807) is 6.08 Å². The lowest BCUT2D eigenvalue weighted by Gasteiger charge is -2.30. The quantitative estimate of drug-likeness (QED) is 0.0321. The Morgan fingerprint density at radius 3 is 2.47 bits per heavy atom. The minimum atomic E-state index is -5.57. The Kier molecular flexibility index (Phi) is 17.4. The van der Waals surface area contributed by atoms with E-state index < -0.39 is 84.6 Å². The Balaban J connectivity index is 1.49. The molecule has 1 aliphatic heterocycles. The molecule has 3 unspecified atom stereocenters. The molecular formula is C26H41ClN7O17P3S. The van der Waals surface area contributed by atoms with Crippen molar-refractivity contribution in [1.82, 2.24) is 30.2 Å². The fourth-order valence-corrected chi connectivity index (χ4v) is 8.13. The van der Waals surface area contributed by atoms with Gasteiger partial charge in [-0.1, -0.05) is 31.7 Å². The van der Waals surface area contributed by atoms with E-state index in [0.717, 1.165) is 29.0 Å². The molecule has 310 valence electrons. The van der Waals surface area contributed by atoms with Crippen LogP contribution in [-0.2, 0) is 50.7 Å². The molecule has 1 saturated heterocycles. The number of hydrogen-bond acceptors (Lipinski definition) is 18. The van der Waals surface area contributed by atoms with Crippen LogP contribution >= 0.6 is 46.8 Å². The molecule has 29 heteroatoms. The molecule has 10 N–H and O–H groups in total. The molecule has 24 nitrogen and oxygen atoms in total. The van der Waals surface area contributed by atoms with Gasteiger partial charge in [0.25, 0.3) is 0 Å². The van der Waals surface area contributed by atoms with Gasteiger partial charge in [0.15, 0.2) is 17.7 Å². The highest BCUT2D eigenvalue weighted by Gasteiger charge is 2.50. The van der Waals surface area contributed by atoms with Gasteiger partial charge in [-0.25, -0.2) is 28.6 Å². The average molecular weight is 884 g/mol. The first-order valence-electron chi connectivity index (χ1n) is 15.8. The van der Waals surface area contributed by atoms with Crippen molar-refractivity contribution < 1.29 is 80.5 Å². The van der Waals surface area contributed by atoms with Crippen LogP contribution in [0.1, 0.15) is 32.9 Å². The maximum absolute atomic E-state index is 12.7. The van der Waals surface area contributed by atoms with Crippen molar-refractivity contribution in [2.45, 2.75) is 57.3 Å². The number of phosphoric acid groups is 3. The SMILES string of the molecule is CC(C)(COP(=O)(O)OP(=O)(O)OC[C@H]1O[C@@H](n2cnc3c(N)ncnc32)[C@H](O)[C@@H]1OP(=O)(O)O)C(O)C(=O)NCCC(=O)NCCSC(=O)C=CCCCl. The van der Waals surface area contributed by atoms with Crippen molar-refractivity contribution in [1.29, 1.82) is 0 Å². The monoisotopic (exact) mass is 883 g/mol. The number of thioether (sulfide) groups is 1. The van der Waals surface area contributed by atoms with Crippen molar-refractivity contribution in [3.05, 3.63) is 24.8 Å². The molecule has 2 amide bonds. The predicted octanol–water partition coefficient (Wildman–Crippen LogP) is -0.150. The molecule has 0 radical (unpaired) electrons. The molecule has 55 heavy (non-hydrogen) atoms. The lowest BCUT2D eigenvalue weighted by molar-refractivity contribution is -0.137. The predicted molar refractivity (Wildman–Crippen MR) is 192 cm³/mol. The summed E-state index contributed by atoms with van der Waals surface area (Å²) in [7, 11) is -16.4. The molecule has 1 fully saturated rings. The molecule has 1 aliphatic rings. The lowest BCUT2D eigenvalue weighted by atomic mass is 9.87. The standard InChI is InChI=1S/C26H41ClN7O17P3S/c1-26(2,21(38)24(39)30-8-6-16(35)29-9-10-55-17(36)5-3-4-7-27)12-48-54(45,46)51-53(43,44)47-11-15-20(50-52(40,41)42)19(37)25(49-15)34-14-33-18-22(28)31-13-32-23(18)34/h3,5,13-15,19-21,25,37-38H,4,6-12H2,1-2H3,(H,29,35)(H,30,39)(H,43,44)(H,45,46)(H2,28,31,32)(H2,40,41,42)/t15-,19-,20-,21?,25-/m1/s1. The summed E-state index contributed by atoms with van der Waals surface area (Å²) in [6.45, 7) is 0.430. The number of imidazole rings is 1. The van der Waals surface area contributed by atoms with Gasteiger partial charge in [0.05, 0.1) is 19.5 Å². The number of aliphatic hydroxyl groups excluding tert-OH is 2. The number of nitrogens with one attached hydrogen (secondary N) is 2. The van der Waals surface area contributed by atoms with Crippen LogP contribution in [0.5, 0.6) is 0 Å². The molecule has 3 heterocycles. The second-order valence-corrected chi connectivity index (χ2v) is 17.8. The van der Waals surface area contributed by atoms with Crippen LogP contribution < -0.4 is 16.4 Å². The summed E-state index contributed by atoms with van der Waals surface area (Å²) in [5.74, 6) is -0.796. The van der Waals surface area contributed by atoms with Crippen LogP contribution in [0.3, 0.4) is 0 Å². The van der Waals surface area contributed by atoms with Gasteiger partial charge in [-0.05, 0) is 12.5 Å². The zero-order valence-electron chi connectivity index (χ0n) is 29.0. The summed E-state index contributed by atoms with van der Waals surface area (Å²) in [5.41, 5.74) is 4.25. The fraction of sp³-hybridized carbons (Fsp3) is 0.615. The van der Waals surface area contributed by atoms with Gasteiger partial charge in [-0.3, -0.25) is 32.5 Å². The Morgan fingerprint density at radius 1 is 1.11 bits per heavy atom. The number of rotatable bonds is 22. The van der Waals surface area contributed by atoms with Crippen LogP contribution in [0.4, 0.5) is 5.82 Å². The van der Waals surface area contributed by atoms with Crippen LogP contribution in [0.2, 0.25) is 0 Å². The van der Waals surface area contributed by atoms with Gasteiger partial charge in [-0.15, -0.1) is 11.6 Å².